The van der Waals surface area contributed by atoms with Gasteiger partial charge in [-0.3, -0.25) is 0 Å². The Kier molecular flexibility index (Phi) is 3.98. The molecule has 1 saturated carbocycles. The van der Waals surface area contributed by atoms with Crippen LogP contribution in [-0.4, -0.2) is 29.4 Å². The molecule has 0 N–H and O–H groups in total. The van der Waals surface area contributed by atoms with E-state index in [0.29, 0.717) is 6.10 Å². The van der Waals surface area contributed by atoms with E-state index < -0.39 is 0 Å². The van der Waals surface area contributed by atoms with E-state index in [1.165, 1.54) is 12.8 Å². The zero-order chi connectivity index (χ0) is 16.0. The highest BCUT2D eigenvalue weighted by Gasteiger charge is 2.51. The van der Waals surface area contributed by atoms with Crippen LogP contribution in [0.25, 0.3) is 0 Å². The lowest BCUT2D eigenvalue weighted by atomic mass is 9.80. The maximum Gasteiger partial charge on any atom is 0.496 e. The summed E-state index contributed by atoms with van der Waals surface area (Å²) in [5.41, 5.74) is 1.34. The molecule has 4 nitrogen and oxygen atoms in total. The van der Waals surface area contributed by atoms with Crippen molar-refractivity contribution in [3.05, 3.63) is 17.8 Å². The van der Waals surface area contributed by atoms with Gasteiger partial charge in [-0.25, -0.2) is 4.98 Å². The van der Waals surface area contributed by atoms with Gasteiger partial charge in [0.15, 0.2) is 0 Å². The Morgan fingerprint density at radius 3 is 2.27 bits per heavy atom. The highest BCUT2D eigenvalue weighted by Crippen LogP contribution is 2.36. The van der Waals surface area contributed by atoms with Crippen molar-refractivity contribution in [1.29, 1.82) is 0 Å². The van der Waals surface area contributed by atoms with Gasteiger partial charge >= 0.3 is 7.12 Å². The molecule has 5 heteroatoms. The number of ether oxygens (including phenoxy) is 1. The molecule has 1 aromatic rings. The van der Waals surface area contributed by atoms with Crippen molar-refractivity contribution < 1.29 is 14.0 Å². The Bertz CT molecular complexity index is 537. The van der Waals surface area contributed by atoms with Crippen LogP contribution in [0.2, 0.25) is 0 Å². The number of hydrogen-bond donors (Lipinski definition) is 0. The number of nitrogens with zero attached hydrogens (tertiary/aromatic N) is 1. The molecule has 120 valence electrons. The number of aryl methyl sites for hydroxylation is 1. The SMILES string of the molecule is Cc1cc(B2OC(C)(C)C(C)(C)O2)cnc1OC1CCCC1. The minimum Gasteiger partial charge on any atom is -0.474 e. The quantitative estimate of drug-likeness (QED) is 0.805. The number of hydrogen-bond acceptors (Lipinski definition) is 4. The summed E-state index contributed by atoms with van der Waals surface area (Å²) >= 11 is 0. The maximum atomic E-state index is 6.08. The summed E-state index contributed by atoms with van der Waals surface area (Å²) in [4.78, 5) is 4.50. The molecular weight excluding hydrogens is 277 g/mol. The van der Waals surface area contributed by atoms with Crippen molar-refractivity contribution >= 4 is 12.6 Å². The summed E-state index contributed by atoms with van der Waals surface area (Å²) < 4.78 is 18.2. The average Bonchev–Trinajstić information content (AvgIpc) is 2.99. The van der Waals surface area contributed by atoms with Crippen LogP contribution in [0.1, 0.15) is 58.9 Å². The highest BCUT2D eigenvalue weighted by atomic mass is 16.7. The second kappa shape index (κ2) is 5.53. The van der Waals surface area contributed by atoms with Gasteiger partial charge in [-0.1, -0.05) is 6.07 Å². The van der Waals surface area contributed by atoms with Gasteiger partial charge < -0.3 is 14.0 Å². The lowest BCUT2D eigenvalue weighted by Gasteiger charge is -2.32. The predicted octanol–water partition coefficient (Wildman–Crippen LogP) is 3.01. The predicted molar refractivity (Wildman–Crippen MR) is 87.6 cm³/mol. The van der Waals surface area contributed by atoms with Crippen LogP contribution in [0.15, 0.2) is 12.3 Å². The second-order valence-electron chi connectivity index (χ2n) is 7.50. The third-order valence-corrected chi connectivity index (χ3v) is 5.16. The van der Waals surface area contributed by atoms with E-state index in [0.717, 1.165) is 29.7 Å². The smallest absolute Gasteiger partial charge is 0.474 e. The highest BCUT2D eigenvalue weighted by molar-refractivity contribution is 6.62. The molecule has 0 aromatic carbocycles. The lowest BCUT2D eigenvalue weighted by molar-refractivity contribution is 0.00578. The molecule has 1 aliphatic heterocycles. The van der Waals surface area contributed by atoms with Crippen molar-refractivity contribution in [2.45, 2.75) is 77.6 Å². The van der Waals surface area contributed by atoms with Crippen LogP contribution < -0.4 is 10.2 Å². The van der Waals surface area contributed by atoms with Gasteiger partial charge in [0.25, 0.3) is 0 Å². The van der Waals surface area contributed by atoms with Gasteiger partial charge in [0.05, 0.1) is 11.2 Å². The summed E-state index contributed by atoms with van der Waals surface area (Å²) in [7, 11) is -0.364. The van der Waals surface area contributed by atoms with Gasteiger partial charge in [-0.2, -0.15) is 0 Å². The third kappa shape index (κ3) is 2.89. The van der Waals surface area contributed by atoms with E-state index >= 15 is 0 Å². The van der Waals surface area contributed by atoms with E-state index in [1.54, 1.807) is 0 Å². The molecule has 22 heavy (non-hydrogen) atoms. The molecule has 2 heterocycles. The first kappa shape index (κ1) is 15.8. The van der Waals surface area contributed by atoms with Crippen LogP contribution >= 0.6 is 0 Å². The first-order valence-corrected chi connectivity index (χ1v) is 8.27. The Morgan fingerprint density at radius 1 is 1.14 bits per heavy atom. The molecule has 0 atom stereocenters. The summed E-state index contributed by atoms with van der Waals surface area (Å²) in [6.45, 7) is 10.3. The summed E-state index contributed by atoms with van der Waals surface area (Å²) in [5, 5.41) is 0. The molecule has 0 radical (unpaired) electrons. The molecule has 2 aliphatic rings. The lowest BCUT2D eigenvalue weighted by Crippen LogP contribution is -2.41. The molecule has 0 amide bonds. The summed E-state index contributed by atoms with van der Waals surface area (Å²) in [6, 6.07) is 2.07. The van der Waals surface area contributed by atoms with E-state index in [1.807, 2.05) is 13.1 Å². The molecular formula is C17H26BNO3. The molecule has 0 spiro atoms. The van der Waals surface area contributed by atoms with Crippen LogP contribution in [0.5, 0.6) is 5.88 Å². The fourth-order valence-corrected chi connectivity index (χ4v) is 2.98. The van der Waals surface area contributed by atoms with Crippen LogP contribution in [0.4, 0.5) is 0 Å². The zero-order valence-electron chi connectivity index (χ0n) is 14.3. The monoisotopic (exact) mass is 303 g/mol. The second-order valence-corrected chi connectivity index (χ2v) is 7.50. The van der Waals surface area contributed by atoms with Crippen LogP contribution in [0.3, 0.4) is 0 Å². The minimum absolute atomic E-state index is 0.328. The number of pyridine rings is 1. The van der Waals surface area contributed by atoms with Gasteiger partial charge in [-0.05, 0) is 60.3 Å². The molecule has 2 fully saturated rings. The van der Waals surface area contributed by atoms with Crippen LogP contribution in [-0.2, 0) is 9.31 Å². The van der Waals surface area contributed by atoms with Crippen LogP contribution in [0, 0.1) is 6.92 Å². The van der Waals surface area contributed by atoms with Crippen molar-refractivity contribution in [2.24, 2.45) is 0 Å². The van der Waals surface area contributed by atoms with Gasteiger partial charge in [0, 0.05) is 17.2 Å². The summed E-state index contributed by atoms with van der Waals surface area (Å²) in [5.74, 6) is 0.743. The molecule has 1 aliphatic carbocycles. The van der Waals surface area contributed by atoms with E-state index in [9.17, 15) is 0 Å². The van der Waals surface area contributed by atoms with E-state index in [2.05, 4.69) is 38.7 Å². The molecule has 0 bridgehead atoms. The van der Waals surface area contributed by atoms with Gasteiger partial charge in [0.1, 0.15) is 6.10 Å². The Hall–Kier alpha value is -1.07. The Morgan fingerprint density at radius 2 is 1.73 bits per heavy atom. The van der Waals surface area contributed by atoms with E-state index in [-0.39, 0.29) is 18.3 Å². The third-order valence-electron chi connectivity index (χ3n) is 5.16. The fraction of sp³-hybridized carbons (Fsp3) is 0.706. The topological polar surface area (TPSA) is 40.6 Å². The van der Waals surface area contributed by atoms with E-state index in [4.69, 9.17) is 14.0 Å². The molecule has 3 rings (SSSR count). The van der Waals surface area contributed by atoms with Crippen molar-refractivity contribution in [2.75, 3.05) is 0 Å². The first-order valence-electron chi connectivity index (χ1n) is 8.27. The Labute approximate surface area is 133 Å². The first-order chi connectivity index (χ1) is 10.3. The van der Waals surface area contributed by atoms with Gasteiger partial charge in [0.2, 0.25) is 5.88 Å². The van der Waals surface area contributed by atoms with Crippen molar-refractivity contribution in [3.8, 4) is 5.88 Å². The zero-order valence-corrected chi connectivity index (χ0v) is 14.3. The maximum absolute atomic E-state index is 6.08. The normalized spacial score (nSPS) is 24.0. The number of rotatable bonds is 3. The molecule has 1 aromatic heterocycles. The average molecular weight is 303 g/mol. The van der Waals surface area contributed by atoms with Crippen molar-refractivity contribution in [3.63, 3.8) is 0 Å². The summed E-state index contributed by atoms with van der Waals surface area (Å²) in [6.07, 6.45) is 6.94. The Balaban J connectivity index is 1.75. The van der Waals surface area contributed by atoms with Gasteiger partial charge in [-0.15, -0.1) is 0 Å². The largest absolute Gasteiger partial charge is 0.496 e. The fourth-order valence-electron chi connectivity index (χ4n) is 2.98. The molecule has 0 unspecified atom stereocenters. The molecule has 1 saturated heterocycles. The number of aromatic nitrogens is 1. The minimum atomic E-state index is -0.364. The standard InChI is InChI=1S/C17H26BNO3/c1-12-10-13(18-21-16(2,3)17(4,5)22-18)11-19-15(12)20-14-8-6-7-9-14/h10-11,14H,6-9H2,1-5H3. The van der Waals surface area contributed by atoms with Crippen molar-refractivity contribution in [1.82, 2.24) is 4.98 Å².